The van der Waals surface area contributed by atoms with Gasteiger partial charge in [-0.15, -0.1) is 0 Å². The van der Waals surface area contributed by atoms with Gasteiger partial charge in [-0.25, -0.2) is 4.98 Å². The van der Waals surface area contributed by atoms with Gasteiger partial charge in [0.1, 0.15) is 5.82 Å². The van der Waals surface area contributed by atoms with Crippen molar-refractivity contribution in [2.75, 3.05) is 49.1 Å². The molecule has 6 nitrogen and oxygen atoms in total. The zero-order chi connectivity index (χ0) is 19.3. The first-order valence-electron chi connectivity index (χ1n) is 10.3. The van der Waals surface area contributed by atoms with Crippen molar-refractivity contribution in [2.45, 2.75) is 26.2 Å². The third-order valence-electron chi connectivity index (χ3n) is 5.88. The van der Waals surface area contributed by atoms with Crippen LogP contribution in [0, 0.1) is 12.8 Å². The summed E-state index contributed by atoms with van der Waals surface area (Å²) < 4.78 is 0. The fourth-order valence-corrected chi connectivity index (χ4v) is 4.18. The Morgan fingerprint density at radius 1 is 0.964 bits per heavy atom. The second-order valence-corrected chi connectivity index (χ2v) is 7.92. The molecule has 148 valence electrons. The predicted octanol–water partition coefficient (Wildman–Crippen LogP) is 2.52. The second kappa shape index (κ2) is 8.59. The van der Waals surface area contributed by atoms with Gasteiger partial charge < -0.3 is 14.7 Å². The van der Waals surface area contributed by atoms with Gasteiger partial charge in [-0.05, 0) is 37.7 Å². The maximum Gasteiger partial charge on any atom is 0.227 e. The van der Waals surface area contributed by atoms with Crippen molar-refractivity contribution in [1.29, 1.82) is 0 Å². The van der Waals surface area contributed by atoms with Gasteiger partial charge in [-0.3, -0.25) is 4.79 Å². The number of hydrogen-bond acceptors (Lipinski definition) is 5. The number of piperazine rings is 1. The number of carbonyl (C=O) groups excluding carboxylic acids is 1. The number of piperidine rings is 1. The highest BCUT2D eigenvalue weighted by molar-refractivity contribution is 5.50. The quantitative estimate of drug-likeness (QED) is 0.747. The van der Waals surface area contributed by atoms with E-state index in [1.807, 2.05) is 11.8 Å². The number of rotatable bonds is 5. The van der Waals surface area contributed by atoms with E-state index in [2.05, 4.69) is 46.2 Å². The number of aryl methyl sites for hydroxylation is 1. The van der Waals surface area contributed by atoms with Gasteiger partial charge in [0.15, 0.2) is 0 Å². The van der Waals surface area contributed by atoms with Gasteiger partial charge in [-0.1, -0.05) is 30.3 Å². The van der Waals surface area contributed by atoms with Crippen LogP contribution in [0.15, 0.2) is 36.4 Å². The van der Waals surface area contributed by atoms with Gasteiger partial charge in [0.2, 0.25) is 12.4 Å². The summed E-state index contributed by atoms with van der Waals surface area (Å²) in [5.41, 5.74) is 2.44. The number of aromatic nitrogens is 2. The molecular formula is C22H29N5O. The Balaban J connectivity index is 1.38. The third-order valence-corrected chi connectivity index (χ3v) is 5.88. The Labute approximate surface area is 167 Å². The second-order valence-electron chi connectivity index (χ2n) is 7.92. The summed E-state index contributed by atoms with van der Waals surface area (Å²) in [5.74, 6) is 2.57. The molecule has 0 radical (unpaired) electrons. The fourth-order valence-electron chi connectivity index (χ4n) is 4.18. The van der Waals surface area contributed by atoms with Crippen LogP contribution in [0.5, 0.6) is 0 Å². The molecule has 1 aromatic carbocycles. The molecular weight excluding hydrogens is 350 g/mol. The standard InChI is InChI=1S/C22H29N5O/c1-18-15-21(26-13-11-25(17-28)12-14-26)24-22(23-18)27-9-7-20(8-10-27)16-19-5-3-2-4-6-19/h2-6,15,17,20H,7-14,16H2,1H3. The molecule has 2 aliphatic rings. The summed E-state index contributed by atoms with van der Waals surface area (Å²) in [6.07, 6.45) is 4.46. The first-order valence-corrected chi connectivity index (χ1v) is 10.3. The van der Waals surface area contributed by atoms with E-state index in [4.69, 9.17) is 9.97 Å². The highest BCUT2D eigenvalue weighted by atomic mass is 16.1. The first kappa shape index (κ1) is 18.7. The Hall–Kier alpha value is -2.63. The SMILES string of the molecule is Cc1cc(N2CCN(C=O)CC2)nc(N2CCC(Cc3ccccc3)CC2)n1. The molecule has 0 aliphatic carbocycles. The molecule has 0 atom stereocenters. The van der Waals surface area contributed by atoms with E-state index in [9.17, 15) is 4.79 Å². The lowest BCUT2D eigenvalue weighted by molar-refractivity contribution is -0.118. The molecule has 1 aromatic heterocycles. The van der Waals surface area contributed by atoms with Gasteiger partial charge in [0.25, 0.3) is 0 Å². The Bertz CT molecular complexity index is 781. The van der Waals surface area contributed by atoms with Crippen molar-refractivity contribution in [3.05, 3.63) is 47.7 Å². The van der Waals surface area contributed by atoms with Crippen LogP contribution in [-0.2, 0) is 11.2 Å². The van der Waals surface area contributed by atoms with Gasteiger partial charge in [0.05, 0.1) is 0 Å². The molecule has 0 N–H and O–H groups in total. The maximum atomic E-state index is 10.9. The van der Waals surface area contributed by atoms with E-state index >= 15 is 0 Å². The lowest BCUT2D eigenvalue weighted by Gasteiger charge is -2.35. The van der Waals surface area contributed by atoms with Crippen molar-refractivity contribution in [2.24, 2.45) is 5.92 Å². The molecule has 4 rings (SSSR count). The van der Waals surface area contributed by atoms with Crippen molar-refractivity contribution >= 4 is 18.2 Å². The molecule has 0 bridgehead atoms. The van der Waals surface area contributed by atoms with E-state index in [0.717, 1.165) is 75.5 Å². The number of anilines is 2. The summed E-state index contributed by atoms with van der Waals surface area (Å²) in [4.78, 5) is 26.9. The number of carbonyl (C=O) groups is 1. The molecule has 3 heterocycles. The van der Waals surface area contributed by atoms with E-state index in [1.54, 1.807) is 0 Å². The normalized spacial score (nSPS) is 18.4. The number of benzene rings is 1. The average Bonchev–Trinajstić information content (AvgIpc) is 2.75. The zero-order valence-corrected chi connectivity index (χ0v) is 16.6. The topological polar surface area (TPSA) is 52.6 Å². The number of amides is 1. The van der Waals surface area contributed by atoms with Crippen LogP contribution in [0.25, 0.3) is 0 Å². The Morgan fingerprint density at radius 3 is 2.36 bits per heavy atom. The summed E-state index contributed by atoms with van der Waals surface area (Å²) in [7, 11) is 0. The van der Waals surface area contributed by atoms with Crippen LogP contribution in [0.4, 0.5) is 11.8 Å². The molecule has 2 fully saturated rings. The average molecular weight is 380 g/mol. The molecule has 2 saturated heterocycles. The lowest BCUT2D eigenvalue weighted by atomic mass is 9.90. The van der Waals surface area contributed by atoms with Crippen molar-refractivity contribution in [1.82, 2.24) is 14.9 Å². The summed E-state index contributed by atoms with van der Waals surface area (Å²) in [6, 6.07) is 12.8. The van der Waals surface area contributed by atoms with Crippen LogP contribution >= 0.6 is 0 Å². The molecule has 2 aromatic rings. The minimum atomic E-state index is 0.736. The first-order chi connectivity index (χ1) is 13.7. The summed E-state index contributed by atoms with van der Waals surface area (Å²) >= 11 is 0. The maximum absolute atomic E-state index is 10.9. The van der Waals surface area contributed by atoms with Gasteiger partial charge in [-0.2, -0.15) is 4.98 Å². The Morgan fingerprint density at radius 2 is 1.68 bits per heavy atom. The van der Waals surface area contributed by atoms with Crippen molar-refractivity contribution in [3.63, 3.8) is 0 Å². The Kier molecular flexibility index (Phi) is 5.74. The van der Waals surface area contributed by atoms with Crippen molar-refractivity contribution < 1.29 is 4.79 Å². The molecule has 2 aliphatic heterocycles. The van der Waals surface area contributed by atoms with Crippen molar-refractivity contribution in [3.8, 4) is 0 Å². The van der Waals surface area contributed by atoms with Crippen LogP contribution in [0.2, 0.25) is 0 Å². The van der Waals surface area contributed by atoms with Crippen LogP contribution < -0.4 is 9.80 Å². The molecule has 0 saturated carbocycles. The van der Waals surface area contributed by atoms with Gasteiger partial charge >= 0.3 is 0 Å². The summed E-state index contributed by atoms with van der Waals surface area (Å²) in [5, 5.41) is 0. The van der Waals surface area contributed by atoms with Crippen LogP contribution in [0.1, 0.15) is 24.1 Å². The smallest absolute Gasteiger partial charge is 0.227 e. The van der Waals surface area contributed by atoms with E-state index in [1.165, 1.54) is 18.4 Å². The number of nitrogens with zero attached hydrogens (tertiary/aromatic N) is 5. The minimum absolute atomic E-state index is 0.736. The van der Waals surface area contributed by atoms with Crippen LogP contribution in [0.3, 0.4) is 0 Å². The molecule has 28 heavy (non-hydrogen) atoms. The molecule has 6 heteroatoms. The largest absolute Gasteiger partial charge is 0.353 e. The predicted molar refractivity (Wildman–Crippen MR) is 112 cm³/mol. The third kappa shape index (κ3) is 4.43. The zero-order valence-electron chi connectivity index (χ0n) is 16.6. The fraction of sp³-hybridized carbons (Fsp3) is 0.500. The minimum Gasteiger partial charge on any atom is -0.353 e. The van der Waals surface area contributed by atoms with E-state index < -0.39 is 0 Å². The number of hydrogen-bond donors (Lipinski definition) is 0. The highest BCUT2D eigenvalue weighted by Crippen LogP contribution is 2.26. The van der Waals surface area contributed by atoms with E-state index in [-0.39, 0.29) is 0 Å². The highest BCUT2D eigenvalue weighted by Gasteiger charge is 2.23. The molecule has 1 amide bonds. The summed E-state index contributed by atoms with van der Waals surface area (Å²) in [6.45, 7) is 7.23. The van der Waals surface area contributed by atoms with Crippen LogP contribution in [-0.4, -0.2) is 60.5 Å². The van der Waals surface area contributed by atoms with Gasteiger partial charge in [0, 0.05) is 51.0 Å². The lowest BCUT2D eigenvalue weighted by Crippen LogP contribution is -2.46. The van der Waals surface area contributed by atoms with E-state index in [0.29, 0.717) is 0 Å². The molecule has 0 unspecified atom stereocenters. The monoisotopic (exact) mass is 379 g/mol. The molecule has 0 spiro atoms.